The smallest absolute Gasteiger partial charge is 0.276 e. The predicted molar refractivity (Wildman–Crippen MR) is 83.0 cm³/mol. The third kappa shape index (κ3) is 4.04. The molecule has 1 unspecified atom stereocenters. The van der Waals surface area contributed by atoms with E-state index in [2.05, 4.69) is 22.7 Å². The first-order valence-electron chi connectivity index (χ1n) is 7.53. The van der Waals surface area contributed by atoms with Crippen molar-refractivity contribution in [2.75, 3.05) is 10.7 Å². The van der Waals surface area contributed by atoms with E-state index >= 15 is 0 Å². The Kier molecular flexibility index (Phi) is 5.32. The zero-order valence-electron chi connectivity index (χ0n) is 12.3. The van der Waals surface area contributed by atoms with E-state index in [9.17, 15) is 10.1 Å². The maximum Gasteiger partial charge on any atom is 0.276 e. The third-order valence-corrected chi connectivity index (χ3v) is 4.16. The average molecular weight is 293 g/mol. The molecule has 0 spiro atoms. The molecular formula is C14H23N5O2. The second-order valence-electron chi connectivity index (χ2n) is 5.55. The summed E-state index contributed by atoms with van der Waals surface area (Å²) >= 11 is 0. The second-order valence-corrected chi connectivity index (χ2v) is 5.55. The van der Waals surface area contributed by atoms with E-state index in [1.54, 1.807) is 0 Å². The minimum absolute atomic E-state index is 0.0149. The van der Waals surface area contributed by atoms with E-state index in [-0.39, 0.29) is 5.69 Å². The van der Waals surface area contributed by atoms with Crippen LogP contribution in [0.4, 0.5) is 17.3 Å². The highest BCUT2D eigenvalue weighted by Gasteiger charge is 2.23. The van der Waals surface area contributed by atoms with E-state index in [0.717, 1.165) is 6.42 Å². The molecule has 4 N–H and O–H groups in total. The van der Waals surface area contributed by atoms with E-state index in [1.807, 2.05) is 0 Å². The lowest BCUT2D eigenvalue weighted by Crippen LogP contribution is -2.30. The molecule has 0 saturated heterocycles. The highest BCUT2D eigenvalue weighted by molar-refractivity contribution is 5.54. The molecule has 1 aliphatic rings. The molecule has 7 nitrogen and oxygen atoms in total. The third-order valence-electron chi connectivity index (χ3n) is 4.16. The van der Waals surface area contributed by atoms with Crippen molar-refractivity contribution in [2.45, 2.75) is 51.5 Å². The summed E-state index contributed by atoms with van der Waals surface area (Å²) in [5.74, 6) is 6.75. The minimum Gasteiger partial charge on any atom is -0.367 e. The molecule has 1 atom stereocenters. The van der Waals surface area contributed by atoms with Crippen LogP contribution in [0, 0.1) is 16.0 Å². The van der Waals surface area contributed by atoms with Gasteiger partial charge in [0.05, 0.1) is 17.1 Å². The van der Waals surface area contributed by atoms with Gasteiger partial charge in [0.15, 0.2) is 0 Å². The molecule has 7 heteroatoms. The second kappa shape index (κ2) is 7.21. The van der Waals surface area contributed by atoms with Crippen molar-refractivity contribution in [3.8, 4) is 0 Å². The standard InChI is InChI=1S/C14H23N5O2/c1-2-12(10-6-4-3-5-7-10)16-13-8-11(19(20)21)9-14(17-13)18-15/h8-10,12H,2-7,15H2,1H3,(H2,16,17,18). The first-order chi connectivity index (χ1) is 10.1. The fourth-order valence-electron chi connectivity index (χ4n) is 3.05. The van der Waals surface area contributed by atoms with Crippen LogP contribution in [0.25, 0.3) is 0 Å². The molecule has 1 saturated carbocycles. The van der Waals surface area contributed by atoms with E-state index in [0.29, 0.717) is 23.6 Å². The van der Waals surface area contributed by atoms with Crippen molar-refractivity contribution in [1.82, 2.24) is 4.98 Å². The van der Waals surface area contributed by atoms with Gasteiger partial charge < -0.3 is 10.7 Å². The first-order valence-corrected chi connectivity index (χ1v) is 7.53. The van der Waals surface area contributed by atoms with Crippen LogP contribution in [-0.2, 0) is 0 Å². The molecule has 0 amide bonds. The summed E-state index contributed by atoms with van der Waals surface area (Å²) < 4.78 is 0. The van der Waals surface area contributed by atoms with Crippen molar-refractivity contribution in [3.05, 3.63) is 22.2 Å². The Labute approximate surface area is 124 Å². The summed E-state index contributed by atoms with van der Waals surface area (Å²) in [7, 11) is 0. The fraction of sp³-hybridized carbons (Fsp3) is 0.643. The van der Waals surface area contributed by atoms with Crippen molar-refractivity contribution >= 4 is 17.3 Å². The molecule has 2 rings (SSSR count). The molecule has 21 heavy (non-hydrogen) atoms. The molecule has 1 aliphatic carbocycles. The number of pyridine rings is 1. The van der Waals surface area contributed by atoms with Crippen molar-refractivity contribution in [2.24, 2.45) is 11.8 Å². The number of hydrogen-bond donors (Lipinski definition) is 3. The van der Waals surface area contributed by atoms with Gasteiger partial charge in [-0.3, -0.25) is 10.1 Å². The first kappa shape index (κ1) is 15.5. The molecule has 116 valence electrons. The number of nitrogen functional groups attached to an aromatic ring is 1. The molecule has 1 aromatic heterocycles. The largest absolute Gasteiger partial charge is 0.367 e. The Morgan fingerprint density at radius 3 is 2.62 bits per heavy atom. The van der Waals surface area contributed by atoms with Gasteiger partial charge in [-0.1, -0.05) is 26.2 Å². The number of aromatic nitrogens is 1. The van der Waals surface area contributed by atoms with Crippen LogP contribution in [0.3, 0.4) is 0 Å². The van der Waals surface area contributed by atoms with Gasteiger partial charge in [0.1, 0.15) is 11.6 Å². The van der Waals surface area contributed by atoms with Crippen molar-refractivity contribution in [3.63, 3.8) is 0 Å². The van der Waals surface area contributed by atoms with E-state index in [1.165, 1.54) is 44.2 Å². The molecule has 0 radical (unpaired) electrons. The number of nitro groups is 1. The quantitative estimate of drug-likeness (QED) is 0.423. The zero-order chi connectivity index (χ0) is 15.2. The number of nitrogens with one attached hydrogen (secondary N) is 2. The lowest BCUT2D eigenvalue weighted by molar-refractivity contribution is -0.384. The maximum atomic E-state index is 11.0. The molecule has 1 aromatic rings. The Morgan fingerprint density at radius 2 is 2.05 bits per heavy atom. The number of hydrogen-bond acceptors (Lipinski definition) is 6. The summed E-state index contributed by atoms with van der Waals surface area (Å²) in [6.07, 6.45) is 7.23. The number of rotatable bonds is 6. The van der Waals surface area contributed by atoms with Crippen molar-refractivity contribution < 1.29 is 4.92 Å². The van der Waals surface area contributed by atoms with Gasteiger partial charge >= 0.3 is 0 Å². The highest BCUT2D eigenvalue weighted by Crippen LogP contribution is 2.30. The van der Waals surface area contributed by atoms with Crippen LogP contribution in [-0.4, -0.2) is 15.9 Å². The molecule has 1 heterocycles. The Balaban J connectivity index is 2.15. The number of hydrazine groups is 1. The van der Waals surface area contributed by atoms with Crippen molar-refractivity contribution in [1.29, 1.82) is 0 Å². The minimum atomic E-state index is -0.435. The average Bonchev–Trinajstić information content (AvgIpc) is 2.53. The Bertz CT molecular complexity index is 488. The fourth-order valence-corrected chi connectivity index (χ4v) is 3.05. The van der Waals surface area contributed by atoms with Gasteiger partial charge in [-0.25, -0.2) is 10.8 Å². The SMILES string of the molecule is CCC(Nc1cc([N+](=O)[O-])cc(NN)n1)C1CCCCC1. The van der Waals surface area contributed by atoms with Gasteiger partial charge in [0.25, 0.3) is 5.69 Å². The summed E-state index contributed by atoms with van der Waals surface area (Å²) in [6.45, 7) is 2.13. The number of anilines is 2. The van der Waals surface area contributed by atoms with E-state index in [4.69, 9.17) is 5.84 Å². The van der Waals surface area contributed by atoms with Gasteiger partial charge in [-0.05, 0) is 25.2 Å². The summed E-state index contributed by atoms with van der Waals surface area (Å²) in [6, 6.07) is 3.09. The molecule has 0 bridgehead atoms. The predicted octanol–water partition coefficient (Wildman–Crippen LogP) is 3.05. The summed E-state index contributed by atoms with van der Waals surface area (Å²) in [4.78, 5) is 14.8. The van der Waals surface area contributed by atoms with Crippen LogP contribution < -0.4 is 16.6 Å². The topological polar surface area (TPSA) is 106 Å². The lowest BCUT2D eigenvalue weighted by atomic mass is 9.83. The van der Waals surface area contributed by atoms with Gasteiger partial charge in [-0.2, -0.15) is 0 Å². The van der Waals surface area contributed by atoms with Crippen LogP contribution in [0.15, 0.2) is 12.1 Å². The molecule has 0 aromatic carbocycles. The lowest BCUT2D eigenvalue weighted by Gasteiger charge is -2.30. The highest BCUT2D eigenvalue weighted by atomic mass is 16.6. The van der Waals surface area contributed by atoms with Crippen LogP contribution in [0.5, 0.6) is 0 Å². The van der Waals surface area contributed by atoms with Crippen LogP contribution >= 0.6 is 0 Å². The van der Waals surface area contributed by atoms with E-state index < -0.39 is 4.92 Å². The Morgan fingerprint density at radius 1 is 1.38 bits per heavy atom. The Hall–Kier alpha value is -1.89. The monoisotopic (exact) mass is 293 g/mol. The van der Waals surface area contributed by atoms with Gasteiger partial charge in [0.2, 0.25) is 0 Å². The van der Waals surface area contributed by atoms with Crippen LogP contribution in [0.1, 0.15) is 45.4 Å². The molecule has 0 aliphatic heterocycles. The summed E-state index contributed by atoms with van der Waals surface area (Å²) in [5.41, 5.74) is 2.36. The number of nitrogens with zero attached hydrogens (tertiary/aromatic N) is 2. The summed E-state index contributed by atoms with van der Waals surface area (Å²) in [5, 5.41) is 14.3. The van der Waals surface area contributed by atoms with Crippen LogP contribution in [0.2, 0.25) is 0 Å². The van der Waals surface area contributed by atoms with Gasteiger partial charge in [0, 0.05) is 6.04 Å². The maximum absolute atomic E-state index is 11.0. The normalized spacial score (nSPS) is 17.2. The molecule has 1 fully saturated rings. The van der Waals surface area contributed by atoms with Gasteiger partial charge in [-0.15, -0.1) is 0 Å². The molecular weight excluding hydrogens is 270 g/mol. The zero-order valence-corrected chi connectivity index (χ0v) is 12.3. The number of nitrogens with two attached hydrogens (primary N) is 1.